The quantitative estimate of drug-likeness (QED) is 0.0222. The summed E-state index contributed by atoms with van der Waals surface area (Å²) in [5, 5.41) is 10.6. The van der Waals surface area contributed by atoms with Gasteiger partial charge in [-0.25, -0.2) is 9.13 Å². The fraction of sp³-hybridized carbons (Fsp3) is 0.945. The largest absolute Gasteiger partial charge is 0.472 e. The van der Waals surface area contributed by atoms with Crippen molar-refractivity contribution >= 4 is 39.5 Å². The van der Waals surface area contributed by atoms with Crippen molar-refractivity contribution in [1.82, 2.24) is 0 Å². The molecule has 0 radical (unpaired) electrons. The van der Waals surface area contributed by atoms with Crippen LogP contribution in [-0.4, -0.2) is 96.7 Å². The highest BCUT2D eigenvalue weighted by Gasteiger charge is 2.30. The maximum Gasteiger partial charge on any atom is 0.472 e. The zero-order chi connectivity index (χ0) is 68.2. The van der Waals surface area contributed by atoms with Crippen molar-refractivity contribution in [2.75, 3.05) is 39.6 Å². The molecule has 5 unspecified atom stereocenters. The maximum atomic E-state index is 13.0. The Kier molecular flexibility index (Phi) is 61.3. The second kappa shape index (κ2) is 62.6. The van der Waals surface area contributed by atoms with E-state index in [4.69, 9.17) is 37.0 Å². The highest BCUT2D eigenvalue weighted by molar-refractivity contribution is 7.47. The lowest BCUT2D eigenvalue weighted by Crippen LogP contribution is -2.30. The van der Waals surface area contributed by atoms with Crippen LogP contribution in [0.3, 0.4) is 0 Å². The topological polar surface area (TPSA) is 237 Å². The molecule has 0 aromatic heterocycles. The van der Waals surface area contributed by atoms with Gasteiger partial charge in [0.1, 0.15) is 19.3 Å². The predicted molar refractivity (Wildman–Crippen MR) is 372 cm³/mol. The number of carbonyl (C=O) groups excluding carboxylic acids is 4. The normalized spacial score (nSPS) is 15.1. The first kappa shape index (κ1) is 90.1. The third-order valence-electron chi connectivity index (χ3n) is 17.9. The van der Waals surface area contributed by atoms with Gasteiger partial charge in [0.05, 0.1) is 26.4 Å². The monoisotopic (exact) mass is 1350 g/mol. The lowest BCUT2D eigenvalue weighted by molar-refractivity contribution is -0.161. The van der Waals surface area contributed by atoms with Crippen LogP contribution in [0.1, 0.15) is 364 Å². The van der Waals surface area contributed by atoms with Gasteiger partial charge in [0, 0.05) is 25.7 Å². The molecule has 0 rings (SSSR count). The van der Waals surface area contributed by atoms with Gasteiger partial charge in [-0.2, -0.15) is 0 Å². The average molecular weight is 1350 g/mol. The number of phosphoric ester groups is 2. The fourth-order valence-electron chi connectivity index (χ4n) is 10.9. The molecule has 0 aliphatic heterocycles. The number of phosphoric acid groups is 2. The first-order valence-corrected chi connectivity index (χ1v) is 40.8. The number of ether oxygens (including phenoxy) is 4. The van der Waals surface area contributed by atoms with Gasteiger partial charge in [-0.3, -0.25) is 37.3 Å². The summed E-state index contributed by atoms with van der Waals surface area (Å²) >= 11 is 0. The summed E-state index contributed by atoms with van der Waals surface area (Å²) in [7, 11) is -9.91. The maximum absolute atomic E-state index is 13.0. The molecule has 0 saturated carbocycles. The number of rotatable bonds is 70. The summed E-state index contributed by atoms with van der Waals surface area (Å²) in [6, 6.07) is 0. The molecule has 0 aromatic rings. The van der Waals surface area contributed by atoms with Crippen LogP contribution in [0.5, 0.6) is 0 Å². The molecule has 0 fully saturated rings. The minimum Gasteiger partial charge on any atom is -0.462 e. The Labute approximate surface area is 562 Å². The van der Waals surface area contributed by atoms with E-state index in [9.17, 15) is 43.2 Å². The zero-order valence-electron chi connectivity index (χ0n) is 60.2. The molecule has 8 atom stereocenters. The summed E-state index contributed by atoms with van der Waals surface area (Å²) < 4.78 is 68.4. The number of carbonyl (C=O) groups is 4. The van der Waals surface area contributed by atoms with Crippen molar-refractivity contribution in [2.45, 2.75) is 382 Å². The van der Waals surface area contributed by atoms with Crippen molar-refractivity contribution in [3.63, 3.8) is 0 Å². The molecular weight excluding hydrogens is 1210 g/mol. The van der Waals surface area contributed by atoms with Crippen LogP contribution in [0.15, 0.2) is 0 Å². The molecule has 0 bridgehead atoms. The highest BCUT2D eigenvalue weighted by Crippen LogP contribution is 2.45. The van der Waals surface area contributed by atoms with E-state index in [1.165, 1.54) is 161 Å². The molecule has 92 heavy (non-hydrogen) atoms. The van der Waals surface area contributed by atoms with Crippen LogP contribution in [0, 0.1) is 23.7 Å². The summed E-state index contributed by atoms with van der Waals surface area (Å²) in [6.45, 7) is 14.2. The van der Waals surface area contributed by atoms with Crippen LogP contribution >= 0.6 is 15.6 Å². The van der Waals surface area contributed by atoms with Gasteiger partial charge in [0.15, 0.2) is 12.2 Å². The molecule has 0 heterocycles. The summed E-state index contributed by atoms with van der Waals surface area (Å²) in [4.78, 5) is 72.7. The second-order valence-corrected chi connectivity index (χ2v) is 30.4. The Hall–Kier alpha value is -1.94. The number of esters is 4. The third kappa shape index (κ3) is 62.8. The molecule has 0 aliphatic carbocycles. The number of unbranched alkanes of at least 4 members (excludes halogenated alkanes) is 33. The van der Waals surface area contributed by atoms with Gasteiger partial charge in [0.25, 0.3) is 0 Å². The SMILES string of the molecule is CCC(C)CCCCCCCCCCC(=O)O[C@H](COC(=O)CCCCCCCCCCCCCCCCCC(C)C)COP(=O)(O)OC[C@@H](O)COP(=O)(O)OC[C@@H](COC(=O)CCCCCCCCC(C)CC)OC(=O)CCCCCCCCCCC(C)CC. The molecule has 17 nitrogen and oxygen atoms in total. The highest BCUT2D eigenvalue weighted by atomic mass is 31.2. The molecule has 546 valence electrons. The van der Waals surface area contributed by atoms with Gasteiger partial charge in [-0.15, -0.1) is 0 Å². The van der Waals surface area contributed by atoms with Crippen LogP contribution in [0.4, 0.5) is 0 Å². The Morgan fingerprint density at radius 2 is 0.522 bits per heavy atom. The number of aliphatic hydroxyl groups is 1. The minimum absolute atomic E-state index is 0.104. The van der Waals surface area contributed by atoms with E-state index in [1.807, 2.05) is 0 Å². The molecule has 3 N–H and O–H groups in total. The third-order valence-corrected chi connectivity index (χ3v) is 19.8. The van der Waals surface area contributed by atoms with Crippen LogP contribution in [-0.2, 0) is 65.4 Å². The lowest BCUT2D eigenvalue weighted by atomic mass is 9.99. The van der Waals surface area contributed by atoms with Crippen molar-refractivity contribution in [1.29, 1.82) is 0 Å². The van der Waals surface area contributed by atoms with Gasteiger partial charge >= 0.3 is 39.5 Å². The van der Waals surface area contributed by atoms with Crippen molar-refractivity contribution in [2.24, 2.45) is 23.7 Å². The van der Waals surface area contributed by atoms with Gasteiger partial charge in [-0.1, -0.05) is 312 Å². The Morgan fingerprint density at radius 3 is 0.772 bits per heavy atom. The summed E-state index contributed by atoms with van der Waals surface area (Å²) in [5.74, 6) is 0.947. The molecule has 0 saturated heterocycles. The van der Waals surface area contributed by atoms with E-state index >= 15 is 0 Å². The first-order valence-electron chi connectivity index (χ1n) is 37.8. The Bertz CT molecular complexity index is 1820. The summed E-state index contributed by atoms with van der Waals surface area (Å²) in [5.41, 5.74) is 0. The number of aliphatic hydroxyl groups excluding tert-OH is 1. The van der Waals surface area contributed by atoms with Crippen LogP contribution in [0.25, 0.3) is 0 Å². The molecular formula is C73H142O17P2. The number of hydrogen-bond donors (Lipinski definition) is 3. The molecule has 0 aliphatic rings. The molecule has 0 spiro atoms. The Morgan fingerprint density at radius 1 is 0.304 bits per heavy atom. The molecule has 0 aromatic carbocycles. The minimum atomic E-state index is -4.96. The number of hydrogen-bond acceptors (Lipinski definition) is 15. The average Bonchev–Trinajstić information content (AvgIpc) is 1.77. The van der Waals surface area contributed by atoms with Crippen molar-refractivity contribution in [3.8, 4) is 0 Å². The van der Waals surface area contributed by atoms with E-state index in [2.05, 4.69) is 55.4 Å². The lowest BCUT2D eigenvalue weighted by Gasteiger charge is -2.21. The van der Waals surface area contributed by atoms with Crippen molar-refractivity contribution in [3.05, 3.63) is 0 Å². The molecule has 0 amide bonds. The fourth-order valence-corrected chi connectivity index (χ4v) is 12.5. The smallest absolute Gasteiger partial charge is 0.462 e. The second-order valence-electron chi connectivity index (χ2n) is 27.5. The van der Waals surface area contributed by atoms with Crippen LogP contribution in [0.2, 0.25) is 0 Å². The van der Waals surface area contributed by atoms with E-state index in [-0.39, 0.29) is 25.7 Å². The van der Waals surface area contributed by atoms with Crippen molar-refractivity contribution < 1.29 is 80.2 Å². The summed E-state index contributed by atoms with van der Waals surface area (Å²) in [6.07, 6.45) is 45.8. The standard InChI is InChI=1S/C73H142O17P2/c1-9-64(6)50-42-34-26-21-23-29-39-47-55-72(77)89-68(59-83-70(75)53-45-37-28-20-18-16-14-12-13-15-17-19-25-33-41-49-63(4)5)61-87-91(79,80)85-57-67(74)58-86-92(81,82)88-62-69(60-84-71(76)54-46-38-32-31-36-44-52-66(8)11-3)90-73(78)56-48-40-30-24-22-27-35-43-51-65(7)10-2/h63-69,74H,9-62H2,1-8H3,(H,79,80)(H,81,82)/t64?,65?,66?,67-,68-,69-/m1/s1. The first-order chi connectivity index (χ1) is 44.2. The van der Waals surface area contributed by atoms with E-state index < -0.39 is 97.5 Å². The zero-order valence-corrected chi connectivity index (χ0v) is 62.0. The Balaban J connectivity index is 5.23. The van der Waals surface area contributed by atoms with Gasteiger partial charge < -0.3 is 33.8 Å². The van der Waals surface area contributed by atoms with Crippen LogP contribution < -0.4 is 0 Å². The van der Waals surface area contributed by atoms with E-state index in [0.717, 1.165) is 120 Å². The van der Waals surface area contributed by atoms with Gasteiger partial charge in [-0.05, 0) is 49.4 Å². The van der Waals surface area contributed by atoms with E-state index in [0.29, 0.717) is 25.7 Å². The predicted octanol–water partition coefficient (Wildman–Crippen LogP) is 20.9. The van der Waals surface area contributed by atoms with Gasteiger partial charge in [0.2, 0.25) is 0 Å². The molecule has 19 heteroatoms. The van der Waals surface area contributed by atoms with E-state index in [1.54, 1.807) is 0 Å².